The molecule has 0 spiro atoms. The van der Waals surface area contributed by atoms with Crippen LogP contribution in [-0.2, 0) is 0 Å². The summed E-state index contributed by atoms with van der Waals surface area (Å²) in [4.78, 5) is 4.43. The molecule has 1 aromatic heterocycles. The van der Waals surface area contributed by atoms with Gasteiger partial charge in [-0.15, -0.1) is 0 Å². The Morgan fingerprint density at radius 3 is 2.56 bits per heavy atom. The van der Waals surface area contributed by atoms with E-state index < -0.39 is 0 Å². The van der Waals surface area contributed by atoms with Crippen LogP contribution in [0.25, 0.3) is 10.6 Å². The van der Waals surface area contributed by atoms with Gasteiger partial charge in [-0.1, -0.05) is 11.3 Å². The van der Waals surface area contributed by atoms with Crippen molar-refractivity contribution < 1.29 is 4.74 Å². The Bertz CT molecular complexity index is 500. The van der Waals surface area contributed by atoms with E-state index in [0.717, 1.165) is 32.6 Å². The summed E-state index contributed by atoms with van der Waals surface area (Å²) in [6, 6.07) is 6.03. The van der Waals surface area contributed by atoms with Crippen LogP contribution in [0.3, 0.4) is 0 Å². The first kappa shape index (κ1) is 11.0. The van der Waals surface area contributed by atoms with Crippen molar-refractivity contribution in [3.8, 4) is 16.3 Å². The number of nitrogens with zero attached hydrogens (tertiary/aromatic N) is 1. The van der Waals surface area contributed by atoms with E-state index in [1.165, 1.54) is 11.3 Å². The van der Waals surface area contributed by atoms with Gasteiger partial charge in [0.25, 0.3) is 0 Å². The number of thiazole rings is 1. The third kappa shape index (κ3) is 1.88. The first-order valence-corrected chi connectivity index (χ1v) is 5.81. The average molecular weight is 234 g/mol. The Kier molecular flexibility index (Phi) is 2.83. The van der Waals surface area contributed by atoms with Crippen LogP contribution in [0.2, 0.25) is 0 Å². The minimum atomic E-state index is 0.781. The van der Waals surface area contributed by atoms with Crippen molar-refractivity contribution in [2.75, 3.05) is 12.8 Å². The third-order valence-corrected chi connectivity index (χ3v) is 3.51. The lowest BCUT2D eigenvalue weighted by atomic mass is 10.1. The van der Waals surface area contributed by atoms with Crippen molar-refractivity contribution in [3.05, 3.63) is 29.5 Å². The predicted octanol–water partition coefficient (Wildman–Crippen LogP) is 3.02. The molecule has 0 saturated heterocycles. The topological polar surface area (TPSA) is 48.1 Å². The highest BCUT2D eigenvalue weighted by molar-refractivity contribution is 7.18. The maximum Gasteiger partial charge on any atom is 0.125 e. The third-order valence-electron chi connectivity index (χ3n) is 2.47. The number of hydrogen-bond acceptors (Lipinski definition) is 4. The van der Waals surface area contributed by atoms with Crippen LogP contribution in [-0.4, -0.2) is 12.1 Å². The quantitative estimate of drug-likeness (QED) is 0.869. The van der Waals surface area contributed by atoms with Gasteiger partial charge in [0, 0.05) is 5.56 Å². The van der Waals surface area contributed by atoms with E-state index in [0.29, 0.717) is 0 Å². The van der Waals surface area contributed by atoms with Gasteiger partial charge < -0.3 is 10.5 Å². The molecule has 2 N–H and O–H groups in total. The van der Waals surface area contributed by atoms with Crippen LogP contribution < -0.4 is 10.5 Å². The van der Waals surface area contributed by atoms with Gasteiger partial charge in [0.2, 0.25) is 0 Å². The van der Waals surface area contributed by atoms with Gasteiger partial charge in [0.05, 0.1) is 12.8 Å². The zero-order chi connectivity index (χ0) is 11.7. The summed E-state index contributed by atoms with van der Waals surface area (Å²) in [5, 5.41) is 1.74. The highest BCUT2D eigenvalue weighted by Crippen LogP contribution is 2.31. The standard InChI is InChI=1S/C12H14N2OS/c1-7-6-9(4-5-10(7)15-3)12-14-8(2)11(13)16-12/h4-6H,13H2,1-3H3. The summed E-state index contributed by atoms with van der Waals surface area (Å²) in [5.41, 5.74) is 8.89. The molecule has 2 aromatic rings. The highest BCUT2D eigenvalue weighted by atomic mass is 32.1. The van der Waals surface area contributed by atoms with Crippen LogP contribution in [0.15, 0.2) is 18.2 Å². The fourth-order valence-electron chi connectivity index (χ4n) is 1.54. The molecule has 0 amide bonds. The van der Waals surface area contributed by atoms with Gasteiger partial charge in [0.15, 0.2) is 0 Å². The number of benzene rings is 1. The normalized spacial score (nSPS) is 10.4. The maximum atomic E-state index is 5.80. The van der Waals surface area contributed by atoms with Gasteiger partial charge in [-0.25, -0.2) is 4.98 Å². The lowest BCUT2D eigenvalue weighted by molar-refractivity contribution is 0.412. The molecular weight excluding hydrogens is 220 g/mol. The Morgan fingerprint density at radius 1 is 1.31 bits per heavy atom. The van der Waals surface area contributed by atoms with Gasteiger partial charge in [0.1, 0.15) is 15.8 Å². The molecule has 0 saturated carbocycles. The van der Waals surface area contributed by atoms with Crippen LogP contribution >= 0.6 is 11.3 Å². The molecule has 0 aliphatic rings. The summed E-state index contributed by atoms with van der Waals surface area (Å²) in [6.07, 6.45) is 0. The second kappa shape index (κ2) is 4.14. The summed E-state index contributed by atoms with van der Waals surface area (Å²) in [7, 11) is 1.67. The Hall–Kier alpha value is -1.55. The van der Waals surface area contributed by atoms with Gasteiger partial charge in [-0.3, -0.25) is 0 Å². The molecule has 3 nitrogen and oxygen atoms in total. The molecule has 1 heterocycles. The van der Waals surface area contributed by atoms with Crippen LogP contribution in [0.4, 0.5) is 5.00 Å². The first-order chi connectivity index (χ1) is 7.61. The van der Waals surface area contributed by atoms with E-state index in [9.17, 15) is 0 Å². The smallest absolute Gasteiger partial charge is 0.125 e. The number of aryl methyl sites for hydroxylation is 2. The van der Waals surface area contributed by atoms with Crippen molar-refractivity contribution in [1.82, 2.24) is 4.98 Å². The fraction of sp³-hybridized carbons (Fsp3) is 0.250. The van der Waals surface area contributed by atoms with E-state index in [1.807, 2.05) is 26.0 Å². The molecule has 1 aromatic carbocycles. The van der Waals surface area contributed by atoms with E-state index in [2.05, 4.69) is 11.1 Å². The van der Waals surface area contributed by atoms with Crippen LogP contribution in [0.1, 0.15) is 11.3 Å². The second-order valence-electron chi connectivity index (χ2n) is 3.65. The Balaban J connectivity index is 2.45. The highest BCUT2D eigenvalue weighted by Gasteiger charge is 2.08. The number of hydrogen-bond donors (Lipinski definition) is 1. The first-order valence-electron chi connectivity index (χ1n) is 4.99. The second-order valence-corrected chi connectivity index (χ2v) is 4.68. The van der Waals surface area contributed by atoms with Crippen LogP contribution in [0, 0.1) is 13.8 Å². The molecule has 4 heteroatoms. The largest absolute Gasteiger partial charge is 0.496 e. The van der Waals surface area contributed by atoms with Gasteiger partial charge in [-0.2, -0.15) is 0 Å². The predicted molar refractivity (Wildman–Crippen MR) is 68.0 cm³/mol. The number of anilines is 1. The van der Waals surface area contributed by atoms with E-state index >= 15 is 0 Å². The molecule has 16 heavy (non-hydrogen) atoms. The SMILES string of the molecule is COc1ccc(-c2nc(C)c(N)s2)cc1C. The van der Waals surface area contributed by atoms with Gasteiger partial charge >= 0.3 is 0 Å². The number of nitrogens with two attached hydrogens (primary N) is 1. The zero-order valence-corrected chi connectivity index (χ0v) is 10.4. The zero-order valence-electron chi connectivity index (χ0n) is 9.57. The van der Waals surface area contributed by atoms with E-state index in [-0.39, 0.29) is 0 Å². The molecular formula is C12H14N2OS. The lowest BCUT2D eigenvalue weighted by Gasteiger charge is -2.05. The maximum absolute atomic E-state index is 5.80. The summed E-state index contributed by atoms with van der Waals surface area (Å²) < 4.78 is 5.22. The Morgan fingerprint density at radius 2 is 2.06 bits per heavy atom. The molecule has 0 bridgehead atoms. The van der Waals surface area contributed by atoms with Crippen molar-refractivity contribution in [1.29, 1.82) is 0 Å². The van der Waals surface area contributed by atoms with Crippen molar-refractivity contribution in [2.24, 2.45) is 0 Å². The van der Waals surface area contributed by atoms with Crippen molar-refractivity contribution in [2.45, 2.75) is 13.8 Å². The van der Waals surface area contributed by atoms with E-state index in [4.69, 9.17) is 10.5 Å². The number of nitrogen functional groups attached to an aromatic ring is 1. The number of aromatic nitrogens is 1. The average Bonchev–Trinajstić information content (AvgIpc) is 2.59. The van der Waals surface area contributed by atoms with Crippen molar-refractivity contribution in [3.63, 3.8) is 0 Å². The molecule has 0 radical (unpaired) electrons. The van der Waals surface area contributed by atoms with E-state index in [1.54, 1.807) is 7.11 Å². The number of methoxy groups -OCH3 is 1. The monoisotopic (exact) mass is 234 g/mol. The fourth-order valence-corrected chi connectivity index (χ4v) is 2.37. The summed E-state index contributed by atoms with van der Waals surface area (Å²) in [5.74, 6) is 0.894. The summed E-state index contributed by atoms with van der Waals surface area (Å²) >= 11 is 1.52. The number of rotatable bonds is 2. The molecule has 0 atom stereocenters. The molecule has 0 fully saturated rings. The van der Waals surface area contributed by atoms with Crippen molar-refractivity contribution >= 4 is 16.3 Å². The van der Waals surface area contributed by atoms with Gasteiger partial charge in [-0.05, 0) is 37.6 Å². The number of ether oxygens (including phenoxy) is 1. The molecule has 0 unspecified atom stereocenters. The summed E-state index contributed by atoms with van der Waals surface area (Å²) in [6.45, 7) is 3.94. The minimum absolute atomic E-state index is 0.781. The molecule has 0 aliphatic heterocycles. The molecule has 2 rings (SSSR count). The lowest BCUT2D eigenvalue weighted by Crippen LogP contribution is -1.87. The molecule has 0 aliphatic carbocycles. The minimum Gasteiger partial charge on any atom is -0.496 e. The Labute approximate surface area is 98.9 Å². The van der Waals surface area contributed by atoms with Crippen LogP contribution in [0.5, 0.6) is 5.75 Å². The molecule has 84 valence electrons.